The summed E-state index contributed by atoms with van der Waals surface area (Å²) in [6.07, 6.45) is 0. The summed E-state index contributed by atoms with van der Waals surface area (Å²) in [5, 5.41) is 0.768. The van der Waals surface area contributed by atoms with Gasteiger partial charge in [-0.05, 0) is 35.9 Å². The molecular weight excluding hydrogens is 284 g/mol. The molecule has 0 spiro atoms. The van der Waals surface area contributed by atoms with Crippen molar-refractivity contribution >= 4 is 33.9 Å². The van der Waals surface area contributed by atoms with E-state index in [0.29, 0.717) is 11.3 Å². The summed E-state index contributed by atoms with van der Waals surface area (Å²) in [6.45, 7) is 0. The lowest BCUT2D eigenvalue weighted by molar-refractivity contribution is 0.413. The van der Waals surface area contributed by atoms with Gasteiger partial charge in [-0.25, -0.2) is 4.79 Å². The van der Waals surface area contributed by atoms with Crippen LogP contribution in [0, 0.1) is 0 Å². The van der Waals surface area contributed by atoms with E-state index < -0.39 is 5.63 Å². The lowest BCUT2D eigenvalue weighted by Gasteiger charge is -2.05. The predicted molar refractivity (Wildman–Crippen MR) is 77.4 cm³/mol. The Labute approximate surface area is 118 Å². The molecule has 0 radical (unpaired) electrons. The van der Waals surface area contributed by atoms with Crippen LogP contribution in [0.2, 0.25) is 4.34 Å². The van der Waals surface area contributed by atoms with Gasteiger partial charge in [0.15, 0.2) is 0 Å². The third-order valence-corrected chi connectivity index (χ3v) is 4.06. The van der Waals surface area contributed by atoms with E-state index in [2.05, 4.69) is 0 Å². The molecule has 2 aromatic heterocycles. The fourth-order valence-corrected chi connectivity index (χ4v) is 2.97. The smallest absolute Gasteiger partial charge is 0.339 e. The molecule has 0 aliphatic carbocycles. The molecule has 0 unspecified atom stereocenters. The third-order valence-electron chi connectivity index (χ3n) is 2.78. The number of rotatable bonds is 2. The van der Waals surface area contributed by atoms with Crippen LogP contribution in [0.5, 0.6) is 5.75 Å². The maximum Gasteiger partial charge on any atom is 0.339 e. The van der Waals surface area contributed by atoms with Gasteiger partial charge in [0.05, 0.1) is 22.9 Å². The molecule has 0 saturated heterocycles. The van der Waals surface area contributed by atoms with Crippen LogP contribution in [-0.2, 0) is 0 Å². The summed E-state index contributed by atoms with van der Waals surface area (Å²) >= 11 is 7.44. The van der Waals surface area contributed by atoms with E-state index in [1.165, 1.54) is 24.5 Å². The number of halogens is 1. The maximum atomic E-state index is 11.4. The zero-order valence-corrected chi connectivity index (χ0v) is 11.5. The van der Waals surface area contributed by atoms with Crippen molar-refractivity contribution in [2.45, 2.75) is 0 Å². The quantitative estimate of drug-likeness (QED) is 0.665. The van der Waals surface area contributed by atoms with E-state index in [1.807, 2.05) is 24.3 Å². The van der Waals surface area contributed by atoms with Gasteiger partial charge in [0, 0.05) is 4.88 Å². The van der Waals surface area contributed by atoms with Crippen molar-refractivity contribution in [1.29, 1.82) is 0 Å². The first-order valence-corrected chi connectivity index (χ1v) is 6.74. The topological polar surface area (TPSA) is 39.4 Å². The molecule has 19 heavy (non-hydrogen) atoms. The summed E-state index contributed by atoms with van der Waals surface area (Å²) in [5.41, 5.74) is 1.10. The molecule has 2 heterocycles. The molecule has 0 fully saturated rings. The summed E-state index contributed by atoms with van der Waals surface area (Å²) in [7, 11) is 1.53. The number of hydrogen-bond acceptors (Lipinski definition) is 4. The second kappa shape index (κ2) is 4.72. The van der Waals surface area contributed by atoms with E-state index in [4.69, 9.17) is 20.8 Å². The molecule has 0 amide bonds. The van der Waals surface area contributed by atoms with Gasteiger partial charge in [0.1, 0.15) is 11.3 Å². The molecule has 0 saturated carbocycles. The fourth-order valence-electron chi connectivity index (χ4n) is 1.93. The largest absolute Gasteiger partial charge is 0.496 e. The Bertz CT molecular complexity index is 804. The molecule has 3 rings (SSSR count). The van der Waals surface area contributed by atoms with Gasteiger partial charge in [-0.2, -0.15) is 0 Å². The Morgan fingerprint density at radius 3 is 2.74 bits per heavy atom. The molecule has 1 aromatic carbocycles. The van der Waals surface area contributed by atoms with Crippen molar-refractivity contribution in [2.24, 2.45) is 0 Å². The van der Waals surface area contributed by atoms with Crippen LogP contribution in [0.15, 0.2) is 45.6 Å². The monoisotopic (exact) mass is 292 g/mol. The predicted octanol–water partition coefficient (Wildman–Crippen LogP) is 4.18. The second-order valence-corrected chi connectivity index (χ2v) is 5.66. The van der Waals surface area contributed by atoms with Crippen molar-refractivity contribution in [2.75, 3.05) is 7.11 Å². The van der Waals surface area contributed by atoms with Crippen LogP contribution in [0.1, 0.15) is 0 Å². The summed E-state index contributed by atoms with van der Waals surface area (Å²) in [4.78, 5) is 12.4. The Kier molecular flexibility index (Phi) is 3.05. The first kappa shape index (κ1) is 12.3. The van der Waals surface area contributed by atoms with E-state index in [0.717, 1.165) is 20.2 Å². The van der Waals surface area contributed by atoms with Crippen LogP contribution >= 0.6 is 22.9 Å². The lowest BCUT2D eigenvalue weighted by Crippen LogP contribution is -1.98. The number of methoxy groups -OCH3 is 1. The van der Waals surface area contributed by atoms with Gasteiger partial charge in [0.25, 0.3) is 0 Å². The number of thiophene rings is 1. The summed E-state index contributed by atoms with van der Waals surface area (Å²) in [5.74, 6) is 0.510. The highest BCUT2D eigenvalue weighted by atomic mass is 35.5. The second-order valence-electron chi connectivity index (χ2n) is 3.95. The van der Waals surface area contributed by atoms with E-state index >= 15 is 0 Å². The highest BCUT2D eigenvalue weighted by molar-refractivity contribution is 7.19. The van der Waals surface area contributed by atoms with Gasteiger partial charge in [-0.1, -0.05) is 11.6 Å². The highest BCUT2D eigenvalue weighted by Gasteiger charge is 2.09. The van der Waals surface area contributed by atoms with Gasteiger partial charge in [-0.15, -0.1) is 11.3 Å². The lowest BCUT2D eigenvalue weighted by atomic mass is 10.1. The van der Waals surface area contributed by atoms with Crippen molar-refractivity contribution in [3.8, 4) is 16.2 Å². The molecule has 0 atom stereocenters. The Balaban J connectivity index is 2.25. The minimum atomic E-state index is -0.420. The van der Waals surface area contributed by atoms with Gasteiger partial charge in [0.2, 0.25) is 0 Å². The third kappa shape index (κ3) is 2.25. The summed E-state index contributed by atoms with van der Waals surface area (Å²) < 4.78 is 11.1. The SMILES string of the molecule is COc1cc(=O)oc2ccc(-c3ccc(Cl)s3)cc12. The number of hydrogen-bond donors (Lipinski definition) is 0. The minimum absolute atomic E-state index is 0.420. The molecule has 0 aliphatic rings. The molecule has 3 nitrogen and oxygen atoms in total. The van der Waals surface area contributed by atoms with Crippen molar-refractivity contribution in [3.63, 3.8) is 0 Å². The standard InChI is InChI=1S/C14H9ClO3S/c1-17-11-7-14(16)18-10-3-2-8(6-9(10)11)12-4-5-13(15)19-12/h2-7H,1H3. The zero-order valence-electron chi connectivity index (χ0n) is 9.98. The number of benzene rings is 1. The highest BCUT2D eigenvalue weighted by Crippen LogP contribution is 2.34. The minimum Gasteiger partial charge on any atom is -0.496 e. The van der Waals surface area contributed by atoms with Gasteiger partial charge >= 0.3 is 5.63 Å². The average Bonchev–Trinajstić information content (AvgIpc) is 2.84. The molecular formula is C14H9ClO3S. The molecule has 0 bridgehead atoms. The van der Waals surface area contributed by atoms with Crippen LogP contribution in [0.25, 0.3) is 21.4 Å². The number of fused-ring (bicyclic) bond motifs is 1. The van der Waals surface area contributed by atoms with Crippen molar-refractivity contribution in [1.82, 2.24) is 0 Å². The van der Waals surface area contributed by atoms with Crippen molar-refractivity contribution < 1.29 is 9.15 Å². The summed E-state index contributed by atoms with van der Waals surface area (Å²) in [6, 6.07) is 10.7. The van der Waals surface area contributed by atoms with Gasteiger partial charge in [-0.3, -0.25) is 0 Å². The van der Waals surface area contributed by atoms with E-state index in [1.54, 1.807) is 6.07 Å². The van der Waals surface area contributed by atoms with Gasteiger partial charge < -0.3 is 9.15 Å². The first-order valence-electron chi connectivity index (χ1n) is 5.55. The molecule has 0 aliphatic heterocycles. The van der Waals surface area contributed by atoms with E-state index in [9.17, 15) is 4.79 Å². The first-order chi connectivity index (χ1) is 9.17. The molecule has 5 heteroatoms. The fraction of sp³-hybridized carbons (Fsp3) is 0.0714. The van der Waals surface area contributed by atoms with Crippen LogP contribution in [0.4, 0.5) is 0 Å². The average molecular weight is 293 g/mol. The zero-order chi connectivity index (χ0) is 13.4. The van der Waals surface area contributed by atoms with Crippen LogP contribution in [-0.4, -0.2) is 7.11 Å². The molecule has 3 aromatic rings. The van der Waals surface area contributed by atoms with Crippen molar-refractivity contribution in [3.05, 3.63) is 51.2 Å². The van der Waals surface area contributed by atoms with Crippen LogP contribution < -0.4 is 10.4 Å². The molecule has 96 valence electrons. The van der Waals surface area contributed by atoms with E-state index in [-0.39, 0.29) is 0 Å². The molecule has 0 N–H and O–H groups in total. The Morgan fingerprint density at radius 1 is 1.21 bits per heavy atom. The Morgan fingerprint density at radius 2 is 2.05 bits per heavy atom. The normalized spacial score (nSPS) is 10.8. The Hall–Kier alpha value is -1.78. The number of ether oxygens (including phenoxy) is 1. The maximum absolute atomic E-state index is 11.4. The van der Waals surface area contributed by atoms with Crippen LogP contribution in [0.3, 0.4) is 0 Å².